The quantitative estimate of drug-likeness (QED) is 0.405. The van der Waals surface area contributed by atoms with Crippen molar-refractivity contribution in [1.29, 1.82) is 0 Å². The number of carbonyl (C=O) groups is 2. The largest absolute Gasteiger partial charge is 0.337 e. The zero-order valence-corrected chi connectivity index (χ0v) is 18.1. The fraction of sp³-hybridized carbons (Fsp3) is 0.211. The molecule has 0 fully saturated rings. The van der Waals surface area contributed by atoms with Crippen molar-refractivity contribution in [1.82, 2.24) is 25.5 Å². The molecule has 0 unspecified atom stereocenters. The van der Waals surface area contributed by atoms with Gasteiger partial charge in [-0.25, -0.2) is 14.2 Å². The Morgan fingerprint density at radius 3 is 2.94 bits per heavy atom. The molecular formula is C19H19N7O3S2. The molecule has 1 aliphatic heterocycles. The summed E-state index contributed by atoms with van der Waals surface area (Å²) in [5, 5.41) is 9.49. The molecule has 0 saturated heterocycles. The van der Waals surface area contributed by atoms with E-state index in [0.717, 1.165) is 10.5 Å². The molecule has 0 spiro atoms. The lowest BCUT2D eigenvalue weighted by molar-refractivity contribution is -0.119. The average molecular weight is 458 g/mol. The molecule has 31 heavy (non-hydrogen) atoms. The summed E-state index contributed by atoms with van der Waals surface area (Å²) in [6.45, 7) is 0. The molecule has 3 heterocycles. The van der Waals surface area contributed by atoms with Crippen LogP contribution in [0.5, 0.6) is 0 Å². The SMILES string of the molecule is CN1C(=O)[C@@H](NC(=O)c2n[nH]c(Cc3ccccc3)n2)CSc2cnc(N[SH]=O)cc21. The number of thiol groups is 1. The number of carbonyl (C=O) groups excluding carboxylic acids is 2. The Kier molecular flexibility index (Phi) is 6.28. The molecular weight excluding hydrogens is 438 g/mol. The number of nitrogens with zero attached hydrogens (tertiary/aromatic N) is 4. The molecule has 3 N–H and O–H groups in total. The molecule has 0 saturated carbocycles. The first kappa shape index (κ1) is 21.0. The molecule has 2 aromatic heterocycles. The highest BCUT2D eigenvalue weighted by Gasteiger charge is 2.31. The smallest absolute Gasteiger partial charge is 0.291 e. The molecule has 3 aromatic rings. The highest BCUT2D eigenvalue weighted by Crippen LogP contribution is 2.34. The van der Waals surface area contributed by atoms with Gasteiger partial charge < -0.3 is 10.2 Å². The van der Waals surface area contributed by atoms with E-state index in [4.69, 9.17) is 0 Å². The number of amides is 2. The van der Waals surface area contributed by atoms with Crippen molar-refractivity contribution in [3.05, 3.63) is 59.8 Å². The molecule has 10 nitrogen and oxygen atoms in total. The number of thioether (sulfide) groups is 1. The first-order valence-corrected chi connectivity index (χ1v) is 11.1. The van der Waals surface area contributed by atoms with Gasteiger partial charge in [0.2, 0.25) is 11.7 Å². The van der Waals surface area contributed by atoms with Gasteiger partial charge in [0.15, 0.2) is 0 Å². The van der Waals surface area contributed by atoms with E-state index in [2.05, 4.69) is 30.2 Å². The van der Waals surface area contributed by atoms with Crippen molar-refractivity contribution in [2.75, 3.05) is 22.4 Å². The van der Waals surface area contributed by atoms with Gasteiger partial charge in [0, 0.05) is 36.4 Å². The minimum atomic E-state index is -0.764. The van der Waals surface area contributed by atoms with Gasteiger partial charge in [-0.05, 0) is 5.56 Å². The van der Waals surface area contributed by atoms with Gasteiger partial charge in [0.05, 0.1) is 5.69 Å². The molecule has 0 aliphatic carbocycles. The Morgan fingerprint density at radius 1 is 1.35 bits per heavy atom. The number of H-pyrrole nitrogens is 1. The predicted octanol–water partition coefficient (Wildman–Crippen LogP) is 0.930. The maximum Gasteiger partial charge on any atom is 0.291 e. The molecule has 12 heteroatoms. The van der Waals surface area contributed by atoms with E-state index in [1.807, 2.05) is 30.3 Å². The van der Waals surface area contributed by atoms with Crippen LogP contribution in [0.1, 0.15) is 22.0 Å². The van der Waals surface area contributed by atoms with Gasteiger partial charge >= 0.3 is 0 Å². The lowest BCUT2D eigenvalue weighted by atomic mass is 10.1. The van der Waals surface area contributed by atoms with Gasteiger partial charge in [0.1, 0.15) is 29.5 Å². The van der Waals surface area contributed by atoms with Crippen LogP contribution in [-0.4, -0.2) is 55.0 Å². The summed E-state index contributed by atoms with van der Waals surface area (Å²) in [5.74, 6) is 0.444. The third kappa shape index (κ3) is 4.75. The van der Waals surface area contributed by atoms with Crippen LogP contribution >= 0.6 is 11.8 Å². The molecule has 160 valence electrons. The number of aromatic amines is 1. The van der Waals surface area contributed by atoms with E-state index in [1.54, 1.807) is 19.3 Å². The Balaban J connectivity index is 1.45. The van der Waals surface area contributed by atoms with Crippen molar-refractivity contribution in [3.63, 3.8) is 0 Å². The second-order valence-electron chi connectivity index (χ2n) is 6.74. The van der Waals surface area contributed by atoms with Crippen LogP contribution < -0.4 is 14.9 Å². The van der Waals surface area contributed by atoms with E-state index in [1.165, 1.54) is 16.7 Å². The van der Waals surface area contributed by atoms with Crippen molar-refractivity contribution >= 4 is 46.9 Å². The summed E-state index contributed by atoms with van der Waals surface area (Å²) in [5.41, 5.74) is 1.66. The van der Waals surface area contributed by atoms with Crippen LogP contribution in [0.15, 0.2) is 47.5 Å². The Hall–Kier alpha value is -3.25. The summed E-state index contributed by atoms with van der Waals surface area (Å²) < 4.78 is 13.3. The fourth-order valence-corrected chi connectivity index (χ4v) is 4.36. The molecule has 1 atom stereocenters. The summed E-state index contributed by atoms with van der Waals surface area (Å²) in [7, 11) is 1.62. The molecule has 0 radical (unpaired) electrons. The number of hydrogen-bond acceptors (Lipinski definition) is 7. The Bertz CT molecular complexity index is 1120. The minimum Gasteiger partial charge on any atom is -0.337 e. The van der Waals surface area contributed by atoms with E-state index in [9.17, 15) is 13.8 Å². The van der Waals surface area contributed by atoms with E-state index in [0.29, 0.717) is 29.5 Å². The zero-order valence-electron chi connectivity index (χ0n) is 16.4. The number of hydrogen-bond donors (Lipinski definition) is 4. The normalized spacial score (nSPS) is 15.8. The van der Waals surface area contributed by atoms with Crippen LogP contribution in [0.3, 0.4) is 0 Å². The minimum absolute atomic E-state index is 0.0178. The summed E-state index contributed by atoms with van der Waals surface area (Å²) >= 11 is 1.11. The number of pyridine rings is 1. The molecule has 4 rings (SSSR count). The maximum atomic E-state index is 12.9. The monoisotopic (exact) mass is 457 g/mol. The van der Waals surface area contributed by atoms with Crippen molar-refractivity contribution < 1.29 is 13.8 Å². The number of benzene rings is 1. The van der Waals surface area contributed by atoms with Crippen LogP contribution in [-0.2, 0) is 23.1 Å². The second-order valence-corrected chi connectivity index (χ2v) is 8.21. The first-order chi connectivity index (χ1) is 15.0. The lowest BCUT2D eigenvalue weighted by Crippen LogP contribution is -2.48. The van der Waals surface area contributed by atoms with Gasteiger partial charge in [-0.15, -0.1) is 16.9 Å². The predicted molar refractivity (Wildman–Crippen MR) is 118 cm³/mol. The maximum absolute atomic E-state index is 12.9. The number of fused-ring (bicyclic) bond motifs is 1. The molecule has 1 aliphatic rings. The molecule has 0 bridgehead atoms. The van der Waals surface area contributed by atoms with Gasteiger partial charge in [-0.1, -0.05) is 30.3 Å². The van der Waals surface area contributed by atoms with Crippen molar-refractivity contribution in [2.24, 2.45) is 0 Å². The van der Waals surface area contributed by atoms with Gasteiger partial charge in [-0.2, -0.15) is 0 Å². The molecule has 2 amide bonds. The highest BCUT2D eigenvalue weighted by molar-refractivity contribution is 7.99. The topological polar surface area (TPSA) is 133 Å². The first-order valence-electron chi connectivity index (χ1n) is 9.30. The van der Waals surface area contributed by atoms with Crippen molar-refractivity contribution in [2.45, 2.75) is 17.4 Å². The van der Waals surface area contributed by atoms with Crippen LogP contribution in [0, 0.1) is 0 Å². The number of likely N-dealkylation sites (N-methyl/N-ethyl adjacent to an activating group) is 1. The zero-order chi connectivity index (χ0) is 21.8. The lowest BCUT2D eigenvalue weighted by Gasteiger charge is -2.21. The summed E-state index contributed by atoms with van der Waals surface area (Å²) in [6, 6.07) is 10.6. The Morgan fingerprint density at radius 2 is 2.16 bits per heavy atom. The van der Waals surface area contributed by atoms with E-state index < -0.39 is 11.9 Å². The van der Waals surface area contributed by atoms with E-state index in [-0.39, 0.29) is 23.6 Å². The number of aromatic nitrogens is 4. The summed E-state index contributed by atoms with van der Waals surface area (Å²) in [4.78, 5) is 36.2. The number of nitrogens with one attached hydrogen (secondary N) is 3. The van der Waals surface area contributed by atoms with Gasteiger partial charge in [0.25, 0.3) is 5.91 Å². The van der Waals surface area contributed by atoms with Gasteiger partial charge in [-0.3, -0.25) is 19.4 Å². The third-order valence-electron chi connectivity index (χ3n) is 4.66. The Labute approximate surface area is 185 Å². The number of anilines is 2. The van der Waals surface area contributed by atoms with Crippen molar-refractivity contribution in [3.8, 4) is 0 Å². The summed E-state index contributed by atoms with van der Waals surface area (Å²) in [6.07, 6.45) is 2.12. The van der Waals surface area contributed by atoms with E-state index >= 15 is 0 Å². The second kappa shape index (κ2) is 9.27. The van der Waals surface area contributed by atoms with Crippen LogP contribution in [0.4, 0.5) is 11.5 Å². The number of rotatable bonds is 6. The fourth-order valence-electron chi connectivity index (χ4n) is 3.10. The average Bonchev–Trinajstić information content (AvgIpc) is 3.21. The van der Waals surface area contributed by atoms with Crippen LogP contribution in [0.25, 0.3) is 0 Å². The van der Waals surface area contributed by atoms with Crippen LogP contribution in [0.2, 0.25) is 0 Å². The highest BCUT2D eigenvalue weighted by atomic mass is 32.2. The molecule has 1 aromatic carbocycles. The third-order valence-corrected chi connectivity index (χ3v) is 6.10. The standard InChI is InChI=1S/C19H19N7O3S2/c1-26-13-8-15(25-31-29)20-9-14(13)30-10-12(19(26)28)21-18(27)17-22-16(23-24-17)7-11-5-3-2-4-6-11/h2-6,8-9,12,31H,7,10H2,1H3,(H,21,27)(H,20,25,29)(H,22,23,24)/t12-/m0/s1.